The molecule has 0 fully saturated rings. The van der Waals surface area contributed by atoms with E-state index >= 15 is 0 Å². The maximum absolute atomic E-state index is 10.6. The van der Waals surface area contributed by atoms with Gasteiger partial charge in [0.1, 0.15) is 18.1 Å². The zero-order valence-electron chi connectivity index (χ0n) is 15.2. The number of carbonyl (C=O) groups is 1. The van der Waals surface area contributed by atoms with Gasteiger partial charge in [0.05, 0.1) is 0 Å². The minimum atomic E-state index is -1.01. The van der Waals surface area contributed by atoms with Crippen molar-refractivity contribution in [3.8, 4) is 5.75 Å². The SMILES string of the molecule is O=C(O)COc1cccc(CCON=C(c2ccccc2)c2cccnc2)c1. The lowest BCUT2D eigenvalue weighted by Gasteiger charge is -2.08. The second-order valence-corrected chi connectivity index (χ2v) is 5.96. The van der Waals surface area contributed by atoms with E-state index in [-0.39, 0.29) is 6.61 Å². The zero-order valence-corrected chi connectivity index (χ0v) is 15.2. The van der Waals surface area contributed by atoms with Crippen LogP contribution in [0.25, 0.3) is 0 Å². The number of ether oxygens (including phenoxy) is 1. The molecule has 0 atom stereocenters. The average molecular weight is 376 g/mol. The molecule has 0 saturated carbocycles. The Morgan fingerprint density at radius 1 is 1.00 bits per heavy atom. The Hall–Kier alpha value is -3.67. The summed E-state index contributed by atoms with van der Waals surface area (Å²) in [5, 5.41) is 13.0. The van der Waals surface area contributed by atoms with Gasteiger partial charge in [0.25, 0.3) is 0 Å². The molecule has 3 rings (SSSR count). The minimum Gasteiger partial charge on any atom is -0.482 e. The Morgan fingerprint density at radius 2 is 1.82 bits per heavy atom. The van der Waals surface area contributed by atoms with Crippen molar-refractivity contribution < 1.29 is 19.5 Å². The van der Waals surface area contributed by atoms with Crippen LogP contribution in [0.1, 0.15) is 16.7 Å². The van der Waals surface area contributed by atoms with Gasteiger partial charge >= 0.3 is 5.97 Å². The van der Waals surface area contributed by atoms with E-state index in [4.69, 9.17) is 14.7 Å². The number of oxime groups is 1. The number of hydrogen-bond donors (Lipinski definition) is 1. The van der Waals surface area contributed by atoms with Crippen LogP contribution < -0.4 is 4.74 Å². The van der Waals surface area contributed by atoms with Gasteiger partial charge in [-0.15, -0.1) is 0 Å². The smallest absolute Gasteiger partial charge is 0.341 e. The van der Waals surface area contributed by atoms with Crippen LogP contribution in [0.15, 0.2) is 84.3 Å². The largest absolute Gasteiger partial charge is 0.482 e. The number of carboxylic acid groups (broad SMARTS) is 1. The van der Waals surface area contributed by atoms with E-state index in [0.29, 0.717) is 24.5 Å². The molecular formula is C22H20N2O4. The standard InChI is InChI=1S/C22H20N2O4/c25-21(26)16-27-20-10-4-6-17(14-20)11-13-28-24-22(18-7-2-1-3-8-18)19-9-5-12-23-15-19/h1-10,12,14-15H,11,13,16H2,(H,25,26). The van der Waals surface area contributed by atoms with E-state index in [1.807, 2.05) is 54.6 Å². The maximum atomic E-state index is 10.6. The highest BCUT2D eigenvalue weighted by Gasteiger charge is 2.08. The van der Waals surface area contributed by atoms with Crippen molar-refractivity contribution in [2.45, 2.75) is 6.42 Å². The van der Waals surface area contributed by atoms with Gasteiger partial charge < -0.3 is 14.7 Å². The lowest BCUT2D eigenvalue weighted by molar-refractivity contribution is -0.139. The molecule has 0 aliphatic heterocycles. The van der Waals surface area contributed by atoms with Crippen LogP contribution in [0.3, 0.4) is 0 Å². The number of carboxylic acids is 1. The van der Waals surface area contributed by atoms with Crippen LogP contribution >= 0.6 is 0 Å². The Morgan fingerprint density at radius 3 is 2.57 bits per heavy atom. The molecule has 1 N–H and O–H groups in total. The Balaban J connectivity index is 1.65. The third-order valence-corrected chi connectivity index (χ3v) is 3.88. The first-order chi connectivity index (χ1) is 13.7. The molecule has 0 aliphatic rings. The van der Waals surface area contributed by atoms with E-state index in [2.05, 4.69) is 10.1 Å². The first-order valence-corrected chi connectivity index (χ1v) is 8.81. The number of nitrogens with zero attached hydrogens (tertiary/aromatic N) is 2. The normalized spacial score (nSPS) is 11.1. The maximum Gasteiger partial charge on any atom is 0.341 e. The van der Waals surface area contributed by atoms with Crippen LogP contribution in [-0.2, 0) is 16.1 Å². The van der Waals surface area contributed by atoms with Gasteiger partial charge in [-0.2, -0.15) is 0 Å². The molecule has 3 aromatic rings. The number of aromatic nitrogens is 1. The number of benzene rings is 2. The molecule has 6 heteroatoms. The first-order valence-electron chi connectivity index (χ1n) is 8.81. The highest BCUT2D eigenvalue weighted by Crippen LogP contribution is 2.14. The van der Waals surface area contributed by atoms with Crippen LogP contribution in [0.4, 0.5) is 0 Å². The van der Waals surface area contributed by atoms with Gasteiger partial charge in [0, 0.05) is 29.9 Å². The van der Waals surface area contributed by atoms with E-state index in [1.54, 1.807) is 24.5 Å². The highest BCUT2D eigenvalue weighted by atomic mass is 16.6. The molecule has 0 spiro atoms. The van der Waals surface area contributed by atoms with Gasteiger partial charge in [-0.3, -0.25) is 4.98 Å². The minimum absolute atomic E-state index is 0.365. The predicted octanol–water partition coefficient (Wildman–Crippen LogP) is 3.56. The summed E-state index contributed by atoms with van der Waals surface area (Å²) in [6.45, 7) is 0.00870. The fraction of sp³-hybridized carbons (Fsp3) is 0.136. The van der Waals surface area contributed by atoms with E-state index < -0.39 is 5.97 Å². The highest BCUT2D eigenvalue weighted by molar-refractivity contribution is 6.12. The summed E-state index contributed by atoms with van der Waals surface area (Å²) in [6.07, 6.45) is 4.08. The molecule has 0 radical (unpaired) electrons. The monoisotopic (exact) mass is 376 g/mol. The summed E-state index contributed by atoms with van der Waals surface area (Å²) in [7, 11) is 0. The van der Waals surface area contributed by atoms with Gasteiger partial charge in [0.15, 0.2) is 6.61 Å². The second kappa shape index (κ2) is 9.87. The van der Waals surface area contributed by atoms with Crippen LogP contribution in [-0.4, -0.2) is 35.0 Å². The van der Waals surface area contributed by atoms with Gasteiger partial charge in [-0.1, -0.05) is 47.6 Å². The van der Waals surface area contributed by atoms with Crippen molar-refractivity contribution in [3.05, 3.63) is 95.8 Å². The van der Waals surface area contributed by atoms with Crippen LogP contribution in [0.2, 0.25) is 0 Å². The summed E-state index contributed by atoms with van der Waals surface area (Å²) < 4.78 is 5.19. The first kappa shape index (κ1) is 19.1. The van der Waals surface area contributed by atoms with Crippen molar-refractivity contribution in [1.82, 2.24) is 4.98 Å². The molecule has 2 aromatic carbocycles. The van der Waals surface area contributed by atoms with Crippen molar-refractivity contribution in [3.63, 3.8) is 0 Å². The second-order valence-electron chi connectivity index (χ2n) is 5.96. The molecule has 0 bridgehead atoms. The molecular weight excluding hydrogens is 356 g/mol. The Kier molecular flexibility index (Phi) is 6.73. The molecule has 1 aromatic heterocycles. The molecule has 0 aliphatic carbocycles. The van der Waals surface area contributed by atoms with Crippen LogP contribution in [0, 0.1) is 0 Å². The van der Waals surface area contributed by atoms with Gasteiger partial charge in [-0.05, 0) is 29.8 Å². The molecule has 142 valence electrons. The van der Waals surface area contributed by atoms with Gasteiger partial charge in [0.2, 0.25) is 0 Å². The third-order valence-electron chi connectivity index (χ3n) is 3.88. The summed E-state index contributed by atoms with van der Waals surface area (Å²) in [6, 6.07) is 20.9. The number of rotatable bonds is 9. The Bertz CT molecular complexity index is 886. The summed E-state index contributed by atoms with van der Waals surface area (Å²) in [5.41, 5.74) is 3.50. The van der Waals surface area contributed by atoms with E-state index in [0.717, 1.165) is 16.7 Å². The van der Waals surface area contributed by atoms with E-state index in [9.17, 15) is 4.79 Å². The van der Waals surface area contributed by atoms with Crippen molar-refractivity contribution in [1.29, 1.82) is 0 Å². The van der Waals surface area contributed by atoms with Gasteiger partial charge in [-0.25, -0.2) is 4.79 Å². The molecule has 28 heavy (non-hydrogen) atoms. The molecule has 0 saturated heterocycles. The van der Waals surface area contributed by atoms with Crippen molar-refractivity contribution >= 4 is 11.7 Å². The molecule has 0 amide bonds. The summed E-state index contributed by atoms with van der Waals surface area (Å²) in [5.74, 6) is -0.490. The summed E-state index contributed by atoms with van der Waals surface area (Å²) >= 11 is 0. The van der Waals surface area contributed by atoms with Crippen molar-refractivity contribution in [2.75, 3.05) is 13.2 Å². The fourth-order valence-electron chi connectivity index (χ4n) is 2.58. The topological polar surface area (TPSA) is 81.0 Å². The Labute approximate surface area is 163 Å². The van der Waals surface area contributed by atoms with Crippen molar-refractivity contribution in [2.24, 2.45) is 5.16 Å². The molecule has 0 unspecified atom stereocenters. The quantitative estimate of drug-likeness (QED) is 0.351. The average Bonchev–Trinajstić information content (AvgIpc) is 2.74. The lowest BCUT2D eigenvalue weighted by atomic mass is 10.0. The van der Waals surface area contributed by atoms with Crippen LogP contribution in [0.5, 0.6) is 5.75 Å². The summed E-state index contributed by atoms with van der Waals surface area (Å²) in [4.78, 5) is 20.3. The lowest BCUT2D eigenvalue weighted by Crippen LogP contribution is -2.09. The number of aliphatic carboxylic acids is 1. The number of hydrogen-bond acceptors (Lipinski definition) is 5. The zero-order chi connectivity index (χ0) is 19.6. The number of pyridine rings is 1. The predicted molar refractivity (Wildman–Crippen MR) is 106 cm³/mol. The molecule has 6 nitrogen and oxygen atoms in total. The molecule has 1 heterocycles. The van der Waals surface area contributed by atoms with E-state index in [1.165, 1.54) is 0 Å². The fourth-order valence-corrected chi connectivity index (χ4v) is 2.58. The third kappa shape index (κ3) is 5.67.